The van der Waals surface area contributed by atoms with Crippen molar-refractivity contribution in [3.8, 4) is 0 Å². The molecule has 3 aromatic rings. The molecule has 4 heterocycles. The van der Waals surface area contributed by atoms with Gasteiger partial charge >= 0.3 is 29.6 Å². The molecule has 1 saturated heterocycles. The van der Waals surface area contributed by atoms with Gasteiger partial charge in [0, 0.05) is 10.7 Å². The molecule has 0 radical (unpaired) electrons. The number of nitrogens with one attached hydrogen (secondary N) is 2. The van der Waals surface area contributed by atoms with Crippen LogP contribution in [0.3, 0.4) is 0 Å². The second kappa shape index (κ2) is 9.92. The maximum Gasteiger partial charge on any atom is 1.00 e. The van der Waals surface area contributed by atoms with Crippen LogP contribution in [0.1, 0.15) is 5.56 Å². The van der Waals surface area contributed by atoms with Crippen LogP contribution in [0.15, 0.2) is 46.0 Å². The molecule has 1 fully saturated rings. The SMILES string of the molecule is Nc1nc(SC2=C(C(=O)[O-])N3C(=O)C(NC(=O)Cc4ccccc4)[C@H]3SC2)c2n[nH]nc2n1.[Na+]. The van der Waals surface area contributed by atoms with Gasteiger partial charge in [0.05, 0.1) is 18.1 Å². The van der Waals surface area contributed by atoms with Gasteiger partial charge in [-0.25, -0.2) is 4.98 Å². The molecule has 0 bridgehead atoms. The van der Waals surface area contributed by atoms with Gasteiger partial charge in [-0.1, -0.05) is 42.1 Å². The fourth-order valence-electron chi connectivity index (χ4n) is 3.59. The second-order valence-corrected chi connectivity index (χ2v) is 9.35. The van der Waals surface area contributed by atoms with Crippen LogP contribution in [0, 0.1) is 0 Å². The molecule has 2 aliphatic rings. The van der Waals surface area contributed by atoms with Gasteiger partial charge in [-0.2, -0.15) is 15.3 Å². The Balaban J connectivity index is 0.00000274. The van der Waals surface area contributed by atoms with Crippen molar-refractivity contribution in [2.24, 2.45) is 0 Å². The summed E-state index contributed by atoms with van der Waals surface area (Å²) in [6, 6.07) is 8.31. The van der Waals surface area contributed by atoms with Gasteiger partial charge in [0.2, 0.25) is 17.5 Å². The van der Waals surface area contributed by atoms with Crippen LogP contribution in [0.5, 0.6) is 0 Å². The number of aromatic amines is 1. The van der Waals surface area contributed by atoms with E-state index in [1.165, 1.54) is 11.8 Å². The monoisotopic (exact) mass is 506 g/mol. The van der Waals surface area contributed by atoms with Gasteiger partial charge < -0.3 is 21.0 Å². The number of aliphatic carboxylic acids is 1. The van der Waals surface area contributed by atoms with Gasteiger partial charge in [-0.05, 0) is 5.56 Å². The van der Waals surface area contributed by atoms with E-state index in [1.807, 2.05) is 30.3 Å². The Morgan fingerprint density at radius 3 is 2.76 bits per heavy atom. The molecule has 12 nitrogen and oxygen atoms in total. The minimum Gasteiger partial charge on any atom is -0.543 e. The number of carbonyl (C=O) groups excluding carboxylic acids is 3. The van der Waals surface area contributed by atoms with Crippen LogP contribution < -0.4 is 45.7 Å². The maximum atomic E-state index is 12.8. The summed E-state index contributed by atoms with van der Waals surface area (Å²) >= 11 is 2.35. The summed E-state index contributed by atoms with van der Waals surface area (Å²) in [5, 5.41) is 24.7. The van der Waals surface area contributed by atoms with Gasteiger partial charge in [0.15, 0.2) is 5.52 Å². The number of carboxylic acids is 1. The molecule has 168 valence electrons. The molecule has 34 heavy (non-hydrogen) atoms. The molecule has 2 atom stereocenters. The summed E-state index contributed by atoms with van der Waals surface area (Å²) in [5.41, 5.74) is 6.84. The first kappa shape index (κ1) is 24.5. The zero-order chi connectivity index (χ0) is 23.1. The number of rotatable bonds is 6. The van der Waals surface area contributed by atoms with Crippen molar-refractivity contribution in [2.75, 3.05) is 11.5 Å². The number of nitrogen functional groups attached to an aromatic ring is 1. The van der Waals surface area contributed by atoms with E-state index >= 15 is 0 Å². The average molecular weight is 507 g/mol. The van der Waals surface area contributed by atoms with Crippen molar-refractivity contribution in [1.82, 2.24) is 35.6 Å². The van der Waals surface area contributed by atoms with E-state index in [9.17, 15) is 19.5 Å². The Morgan fingerprint density at radius 2 is 2.03 bits per heavy atom. The number of aromatic nitrogens is 5. The fourth-order valence-corrected chi connectivity index (χ4v) is 6.11. The van der Waals surface area contributed by atoms with E-state index in [-0.39, 0.29) is 64.9 Å². The number of hydrogen-bond acceptors (Lipinski definition) is 11. The Hall–Kier alpha value is -2.65. The molecule has 2 amide bonds. The predicted molar refractivity (Wildman–Crippen MR) is 117 cm³/mol. The van der Waals surface area contributed by atoms with Crippen LogP contribution in [-0.2, 0) is 20.8 Å². The third kappa shape index (κ3) is 4.51. The normalized spacial score (nSPS) is 19.3. The summed E-state index contributed by atoms with van der Waals surface area (Å²) in [7, 11) is 0. The predicted octanol–water partition coefficient (Wildman–Crippen LogP) is -3.97. The van der Waals surface area contributed by atoms with Crippen molar-refractivity contribution in [3.63, 3.8) is 0 Å². The molecule has 4 N–H and O–H groups in total. The molecule has 15 heteroatoms. The van der Waals surface area contributed by atoms with E-state index in [0.29, 0.717) is 15.4 Å². The topological polar surface area (TPSA) is 183 Å². The number of β-lactam (4-membered cyclic amide) rings is 1. The number of anilines is 1. The quantitative estimate of drug-likeness (QED) is 0.168. The van der Waals surface area contributed by atoms with Crippen molar-refractivity contribution in [3.05, 3.63) is 46.5 Å². The largest absolute Gasteiger partial charge is 1.00 e. The summed E-state index contributed by atoms with van der Waals surface area (Å²) in [5.74, 6) is -2.11. The molecule has 1 unspecified atom stereocenters. The van der Waals surface area contributed by atoms with Gasteiger partial charge in [0.25, 0.3) is 5.91 Å². The molecule has 0 aliphatic carbocycles. The fraction of sp³-hybridized carbons (Fsp3) is 0.211. The number of thioether (sulfide) groups is 2. The number of amides is 2. The Bertz CT molecular complexity index is 1320. The van der Waals surface area contributed by atoms with E-state index in [1.54, 1.807) is 0 Å². The molecule has 5 rings (SSSR count). The molecule has 2 aromatic heterocycles. The molecular weight excluding hydrogens is 491 g/mol. The number of benzene rings is 1. The van der Waals surface area contributed by atoms with E-state index < -0.39 is 23.3 Å². The van der Waals surface area contributed by atoms with Crippen LogP contribution in [-0.4, -0.2) is 65.2 Å². The molecule has 0 spiro atoms. The minimum absolute atomic E-state index is 0. The first-order valence-electron chi connectivity index (χ1n) is 9.66. The number of nitrogens with zero attached hydrogens (tertiary/aromatic N) is 5. The third-order valence-corrected chi connectivity index (χ3v) is 7.56. The van der Waals surface area contributed by atoms with Crippen LogP contribution in [0.4, 0.5) is 5.95 Å². The first-order valence-corrected chi connectivity index (χ1v) is 11.5. The number of carboxylic acid groups (broad SMARTS) is 1. The zero-order valence-electron chi connectivity index (χ0n) is 17.7. The molecule has 0 saturated carbocycles. The van der Waals surface area contributed by atoms with Crippen LogP contribution >= 0.6 is 23.5 Å². The standard InChI is InChI=1S/C19H16N8O4S2.Na/c20-19-22-14-11(24-26-25-14)15(23-19)33-9-7-32-17-12(16(29)27(17)13(9)18(30)31)21-10(28)6-8-4-2-1-3-5-8;/h1-5,12,17H,6-7H2,(H,21,28)(H,30,31)(H3,20,22,23,24,25,26);/q;+1/p-1/t12?,17-;/m1./s1. The van der Waals surface area contributed by atoms with Crippen molar-refractivity contribution < 1.29 is 49.0 Å². The molecular formula is C19H15N8NaO4S2. The van der Waals surface area contributed by atoms with E-state index in [4.69, 9.17) is 5.73 Å². The Labute approximate surface area is 222 Å². The third-order valence-electron chi connectivity index (χ3n) is 5.04. The zero-order valence-corrected chi connectivity index (χ0v) is 21.4. The first-order chi connectivity index (χ1) is 15.9. The van der Waals surface area contributed by atoms with Gasteiger partial charge in [-0.15, -0.1) is 16.9 Å². The van der Waals surface area contributed by atoms with Crippen molar-refractivity contribution in [2.45, 2.75) is 22.9 Å². The van der Waals surface area contributed by atoms with E-state index in [2.05, 4.69) is 30.7 Å². The summed E-state index contributed by atoms with van der Waals surface area (Å²) in [6.45, 7) is 0. The summed E-state index contributed by atoms with van der Waals surface area (Å²) < 4.78 is 0. The van der Waals surface area contributed by atoms with Gasteiger partial charge in [-0.3, -0.25) is 14.5 Å². The van der Waals surface area contributed by atoms with Crippen LogP contribution in [0.2, 0.25) is 0 Å². The number of nitrogens with two attached hydrogens (primary N) is 1. The molecule has 2 aliphatic heterocycles. The Kier molecular flexibility index (Phi) is 7.14. The maximum absolute atomic E-state index is 12.8. The second-order valence-electron chi connectivity index (χ2n) is 7.16. The Morgan fingerprint density at radius 1 is 1.26 bits per heavy atom. The summed E-state index contributed by atoms with van der Waals surface area (Å²) in [4.78, 5) is 46.8. The van der Waals surface area contributed by atoms with Gasteiger partial charge in [0.1, 0.15) is 16.4 Å². The smallest absolute Gasteiger partial charge is 0.543 e. The number of carbonyl (C=O) groups is 3. The minimum atomic E-state index is -1.50. The molecule has 1 aromatic carbocycles. The van der Waals surface area contributed by atoms with Crippen molar-refractivity contribution >= 4 is 58.4 Å². The summed E-state index contributed by atoms with van der Waals surface area (Å²) in [6.07, 6.45) is 0.120. The number of fused-ring (bicyclic) bond motifs is 2. The average Bonchev–Trinajstić information content (AvgIpc) is 3.26. The van der Waals surface area contributed by atoms with Crippen molar-refractivity contribution in [1.29, 1.82) is 0 Å². The number of H-pyrrole nitrogens is 1. The van der Waals surface area contributed by atoms with Crippen LogP contribution in [0.25, 0.3) is 11.2 Å². The number of hydrogen-bond donors (Lipinski definition) is 3. The van der Waals surface area contributed by atoms with E-state index in [0.717, 1.165) is 22.2 Å².